The minimum atomic E-state index is -0.599. The Morgan fingerprint density at radius 3 is 2.05 bits per heavy atom. The first-order valence-corrected chi connectivity index (χ1v) is 5.92. The van der Waals surface area contributed by atoms with Gasteiger partial charge < -0.3 is 14.2 Å². The molecule has 1 N–H and O–H groups in total. The molecule has 1 rings (SSSR count). The Bertz CT molecular complexity index is 478. The smallest absolute Gasteiger partial charge is 0.164 e. The van der Waals surface area contributed by atoms with E-state index in [9.17, 15) is 0 Å². The fraction of sp³-hybridized carbons (Fsp3) is 0.500. The zero-order valence-corrected chi connectivity index (χ0v) is 12.0. The Kier molecular flexibility index (Phi) is 5.02. The Balaban J connectivity index is 3.03. The molecule has 0 aromatic heterocycles. The lowest BCUT2D eigenvalue weighted by atomic mass is 10.1. The summed E-state index contributed by atoms with van der Waals surface area (Å²) in [5, 5.41) is 12.1. The molecule has 0 aliphatic rings. The zero-order valence-electron chi connectivity index (χ0n) is 12.0. The summed E-state index contributed by atoms with van der Waals surface area (Å²) in [5.74, 6) is 1.94. The molecule has 0 bridgehead atoms. The van der Waals surface area contributed by atoms with Crippen molar-refractivity contribution in [2.45, 2.75) is 25.9 Å². The number of ether oxygens (including phenoxy) is 3. The fourth-order valence-corrected chi connectivity index (χ4v) is 1.59. The van der Waals surface area contributed by atoms with E-state index in [1.54, 1.807) is 27.4 Å². The maximum Gasteiger partial charge on any atom is 0.164 e. The SMILES string of the molecule is COc1cc(OC)c(OC)cc1CNC(C)(C)C#N. The standard InChI is InChI=1S/C14H20N2O3/c1-14(2,9-15)16-8-10-6-12(18-4)13(19-5)7-11(10)17-3/h6-7,16H,8H2,1-5H3. The zero-order chi connectivity index (χ0) is 14.5. The molecule has 1 aromatic carbocycles. The van der Waals surface area contributed by atoms with E-state index in [-0.39, 0.29) is 0 Å². The summed E-state index contributed by atoms with van der Waals surface area (Å²) < 4.78 is 15.8. The van der Waals surface area contributed by atoms with Crippen LogP contribution >= 0.6 is 0 Å². The average Bonchev–Trinajstić information content (AvgIpc) is 2.44. The number of nitrogens with zero attached hydrogens (tertiary/aromatic N) is 1. The first kappa shape index (κ1) is 15.1. The maximum absolute atomic E-state index is 8.99. The number of rotatable bonds is 6. The molecule has 0 spiro atoms. The van der Waals surface area contributed by atoms with E-state index in [0.717, 1.165) is 5.56 Å². The van der Waals surface area contributed by atoms with Crippen molar-refractivity contribution in [3.05, 3.63) is 17.7 Å². The molecule has 0 atom stereocenters. The minimum absolute atomic E-state index is 0.504. The van der Waals surface area contributed by atoms with Gasteiger partial charge in [0, 0.05) is 18.2 Å². The molecular weight excluding hydrogens is 244 g/mol. The molecule has 5 nitrogen and oxygen atoms in total. The van der Waals surface area contributed by atoms with Crippen molar-refractivity contribution in [1.82, 2.24) is 5.32 Å². The third-order valence-corrected chi connectivity index (χ3v) is 2.79. The van der Waals surface area contributed by atoms with Crippen molar-refractivity contribution in [1.29, 1.82) is 5.26 Å². The van der Waals surface area contributed by atoms with Gasteiger partial charge in [0.25, 0.3) is 0 Å². The van der Waals surface area contributed by atoms with Crippen LogP contribution in [0.4, 0.5) is 0 Å². The first-order chi connectivity index (χ1) is 8.97. The van der Waals surface area contributed by atoms with Crippen LogP contribution in [0.1, 0.15) is 19.4 Å². The number of hydrogen-bond acceptors (Lipinski definition) is 5. The van der Waals surface area contributed by atoms with E-state index >= 15 is 0 Å². The molecule has 0 heterocycles. The minimum Gasteiger partial charge on any atom is -0.496 e. The van der Waals surface area contributed by atoms with Crippen LogP contribution in [-0.2, 0) is 6.54 Å². The highest BCUT2D eigenvalue weighted by Gasteiger charge is 2.18. The van der Waals surface area contributed by atoms with Crippen LogP contribution in [0, 0.1) is 11.3 Å². The number of nitrogens with one attached hydrogen (secondary N) is 1. The summed E-state index contributed by atoms with van der Waals surface area (Å²) in [4.78, 5) is 0. The van der Waals surface area contributed by atoms with Crippen LogP contribution in [0.15, 0.2) is 12.1 Å². The second-order valence-corrected chi connectivity index (χ2v) is 4.61. The Morgan fingerprint density at radius 1 is 1.05 bits per heavy atom. The van der Waals surface area contributed by atoms with Crippen LogP contribution in [0.5, 0.6) is 17.2 Å². The predicted molar refractivity (Wildman–Crippen MR) is 72.6 cm³/mol. The van der Waals surface area contributed by atoms with E-state index in [1.807, 2.05) is 19.9 Å². The quantitative estimate of drug-likeness (QED) is 0.852. The molecule has 0 aliphatic carbocycles. The van der Waals surface area contributed by atoms with Crippen molar-refractivity contribution in [2.24, 2.45) is 0 Å². The summed E-state index contributed by atoms with van der Waals surface area (Å²) >= 11 is 0. The summed E-state index contributed by atoms with van der Waals surface area (Å²) in [6.45, 7) is 4.14. The number of nitriles is 1. The van der Waals surface area contributed by atoms with Crippen LogP contribution in [-0.4, -0.2) is 26.9 Å². The van der Waals surface area contributed by atoms with E-state index in [2.05, 4.69) is 11.4 Å². The molecule has 0 saturated heterocycles. The van der Waals surface area contributed by atoms with Gasteiger partial charge in [-0.2, -0.15) is 5.26 Å². The molecule has 0 unspecified atom stereocenters. The van der Waals surface area contributed by atoms with Gasteiger partial charge in [-0.05, 0) is 19.9 Å². The molecule has 0 aliphatic heterocycles. The summed E-state index contributed by atoms with van der Waals surface area (Å²) in [5.41, 5.74) is 0.307. The molecular formula is C14H20N2O3. The van der Waals surface area contributed by atoms with Gasteiger partial charge in [0.15, 0.2) is 11.5 Å². The molecule has 104 valence electrons. The van der Waals surface area contributed by atoms with E-state index < -0.39 is 5.54 Å². The molecule has 0 fully saturated rings. The second kappa shape index (κ2) is 6.30. The van der Waals surface area contributed by atoms with Crippen LogP contribution in [0.25, 0.3) is 0 Å². The van der Waals surface area contributed by atoms with Gasteiger partial charge in [-0.3, -0.25) is 5.32 Å². The van der Waals surface area contributed by atoms with Gasteiger partial charge in [0.05, 0.1) is 27.4 Å². The van der Waals surface area contributed by atoms with Crippen molar-refractivity contribution < 1.29 is 14.2 Å². The third-order valence-electron chi connectivity index (χ3n) is 2.79. The van der Waals surface area contributed by atoms with Gasteiger partial charge >= 0.3 is 0 Å². The lowest BCUT2D eigenvalue weighted by molar-refractivity contribution is 0.346. The summed E-state index contributed by atoms with van der Waals surface area (Å²) in [6.07, 6.45) is 0. The summed E-state index contributed by atoms with van der Waals surface area (Å²) in [6, 6.07) is 5.81. The van der Waals surface area contributed by atoms with E-state index in [4.69, 9.17) is 19.5 Å². The third kappa shape index (κ3) is 3.76. The molecule has 0 saturated carbocycles. The number of hydrogen-bond donors (Lipinski definition) is 1. The molecule has 0 radical (unpaired) electrons. The lowest BCUT2D eigenvalue weighted by Crippen LogP contribution is -2.37. The number of benzene rings is 1. The molecule has 1 aromatic rings. The molecule has 0 amide bonds. The number of methoxy groups -OCH3 is 3. The van der Waals surface area contributed by atoms with Gasteiger partial charge in [0.1, 0.15) is 11.3 Å². The van der Waals surface area contributed by atoms with Crippen LogP contribution in [0.3, 0.4) is 0 Å². The Morgan fingerprint density at radius 2 is 1.58 bits per heavy atom. The van der Waals surface area contributed by atoms with Gasteiger partial charge in [-0.25, -0.2) is 0 Å². The predicted octanol–water partition coefficient (Wildman–Crippen LogP) is 2.10. The molecule has 19 heavy (non-hydrogen) atoms. The topological polar surface area (TPSA) is 63.5 Å². The monoisotopic (exact) mass is 264 g/mol. The van der Waals surface area contributed by atoms with Crippen molar-refractivity contribution in [3.8, 4) is 23.3 Å². The largest absolute Gasteiger partial charge is 0.496 e. The highest BCUT2D eigenvalue weighted by atomic mass is 16.5. The second-order valence-electron chi connectivity index (χ2n) is 4.61. The average molecular weight is 264 g/mol. The van der Waals surface area contributed by atoms with E-state index in [0.29, 0.717) is 23.8 Å². The Labute approximate surface area is 114 Å². The van der Waals surface area contributed by atoms with Crippen LogP contribution < -0.4 is 19.5 Å². The van der Waals surface area contributed by atoms with Gasteiger partial charge in [-0.1, -0.05) is 0 Å². The van der Waals surface area contributed by atoms with Crippen LogP contribution in [0.2, 0.25) is 0 Å². The first-order valence-electron chi connectivity index (χ1n) is 5.92. The lowest BCUT2D eigenvalue weighted by Gasteiger charge is -2.19. The molecule has 5 heteroatoms. The van der Waals surface area contributed by atoms with Gasteiger partial charge in [0.2, 0.25) is 0 Å². The maximum atomic E-state index is 8.99. The van der Waals surface area contributed by atoms with Crippen molar-refractivity contribution in [2.75, 3.05) is 21.3 Å². The Hall–Kier alpha value is -1.93. The fourth-order valence-electron chi connectivity index (χ4n) is 1.59. The van der Waals surface area contributed by atoms with E-state index in [1.165, 1.54) is 0 Å². The normalized spacial score (nSPS) is 10.7. The van der Waals surface area contributed by atoms with Gasteiger partial charge in [-0.15, -0.1) is 0 Å². The van der Waals surface area contributed by atoms with Crippen molar-refractivity contribution >= 4 is 0 Å². The van der Waals surface area contributed by atoms with Crippen molar-refractivity contribution in [3.63, 3.8) is 0 Å². The highest BCUT2D eigenvalue weighted by Crippen LogP contribution is 2.34. The highest BCUT2D eigenvalue weighted by molar-refractivity contribution is 5.50. The summed E-state index contributed by atoms with van der Waals surface area (Å²) in [7, 11) is 4.76.